The molecule has 4 nitrogen and oxygen atoms in total. The van der Waals surface area contributed by atoms with Crippen LogP contribution in [-0.2, 0) is 13.1 Å². The summed E-state index contributed by atoms with van der Waals surface area (Å²) in [6.07, 6.45) is 7.19. The highest BCUT2D eigenvalue weighted by Gasteiger charge is 2.06. The van der Waals surface area contributed by atoms with Gasteiger partial charge in [-0.25, -0.2) is 4.98 Å². The fraction of sp³-hybridized carbons (Fsp3) is 0.167. The largest absolute Gasteiger partial charge is 0.332 e. The number of nitriles is 1. The van der Waals surface area contributed by atoms with Crippen LogP contribution >= 0.6 is 0 Å². The zero-order valence-electron chi connectivity index (χ0n) is 8.87. The average molecular weight is 212 g/mol. The van der Waals surface area contributed by atoms with Crippen molar-refractivity contribution in [2.24, 2.45) is 0 Å². The van der Waals surface area contributed by atoms with Gasteiger partial charge in [-0.1, -0.05) is 6.08 Å². The molecule has 0 spiro atoms. The third kappa shape index (κ3) is 1.89. The van der Waals surface area contributed by atoms with Crippen LogP contribution in [0.5, 0.6) is 0 Å². The summed E-state index contributed by atoms with van der Waals surface area (Å²) in [6, 6.07) is 5.96. The van der Waals surface area contributed by atoms with E-state index in [4.69, 9.17) is 5.26 Å². The van der Waals surface area contributed by atoms with Gasteiger partial charge in [0.25, 0.3) is 0 Å². The van der Waals surface area contributed by atoms with Gasteiger partial charge in [0.2, 0.25) is 0 Å². The molecule has 0 N–H and O–H groups in total. The predicted molar refractivity (Wildman–Crippen MR) is 60.7 cm³/mol. The van der Waals surface area contributed by atoms with E-state index in [2.05, 4.69) is 17.6 Å². The molecule has 0 bridgehead atoms. The number of allylic oxidation sites excluding steroid dienone is 1. The molecule has 0 amide bonds. The Balaban J connectivity index is 2.30. The van der Waals surface area contributed by atoms with Crippen LogP contribution in [0, 0.1) is 11.3 Å². The van der Waals surface area contributed by atoms with Crippen molar-refractivity contribution in [3.05, 3.63) is 54.9 Å². The Hall–Kier alpha value is -2.28. The van der Waals surface area contributed by atoms with E-state index >= 15 is 0 Å². The summed E-state index contributed by atoms with van der Waals surface area (Å²) in [4.78, 5) is 3.99. The van der Waals surface area contributed by atoms with Crippen molar-refractivity contribution in [3.8, 4) is 6.07 Å². The molecule has 2 rings (SSSR count). The van der Waals surface area contributed by atoms with Crippen molar-refractivity contribution in [1.82, 2.24) is 14.1 Å². The van der Waals surface area contributed by atoms with Crippen molar-refractivity contribution < 1.29 is 0 Å². The lowest BCUT2D eigenvalue weighted by atomic mass is 10.4. The van der Waals surface area contributed by atoms with E-state index in [0.717, 1.165) is 12.2 Å². The van der Waals surface area contributed by atoms with Crippen molar-refractivity contribution in [2.45, 2.75) is 13.1 Å². The fourth-order valence-corrected chi connectivity index (χ4v) is 1.66. The maximum Gasteiger partial charge on any atom is 0.120 e. The Bertz CT molecular complexity index is 514. The summed E-state index contributed by atoms with van der Waals surface area (Å²) in [5, 5.41) is 8.96. The molecule has 4 heteroatoms. The molecule has 0 unspecified atom stereocenters. The molecule has 2 aromatic heterocycles. The van der Waals surface area contributed by atoms with Crippen molar-refractivity contribution in [2.75, 3.05) is 0 Å². The first-order valence-corrected chi connectivity index (χ1v) is 5.00. The zero-order valence-corrected chi connectivity index (χ0v) is 8.87. The highest BCUT2D eigenvalue weighted by molar-refractivity contribution is 5.27. The molecule has 0 saturated heterocycles. The first kappa shape index (κ1) is 10.2. The van der Waals surface area contributed by atoms with Gasteiger partial charge >= 0.3 is 0 Å². The lowest BCUT2D eigenvalue weighted by Gasteiger charge is -2.08. The molecule has 0 aliphatic carbocycles. The SMILES string of the molecule is C=CCn1c(C#N)ccc1Cn1ccnc1. The normalized spacial score (nSPS) is 9.94. The molecule has 0 aliphatic heterocycles. The van der Waals surface area contributed by atoms with E-state index in [1.165, 1.54) is 0 Å². The van der Waals surface area contributed by atoms with Crippen LogP contribution in [0.25, 0.3) is 0 Å². The van der Waals surface area contributed by atoms with Gasteiger partial charge in [-0.15, -0.1) is 6.58 Å². The number of imidazole rings is 1. The number of aromatic nitrogens is 3. The van der Waals surface area contributed by atoms with Crippen LogP contribution in [0.4, 0.5) is 0 Å². The fourth-order valence-electron chi connectivity index (χ4n) is 1.66. The Morgan fingerprint density at radius 3 is 3.00 bits per heavy atom. The average Bonchev–Trinajstić information content (AvgIpc) is 2.91. The van der Waals surface area contributed by atoms with Crippen LogP contribution in [0.1, 0.15) is 11.4 Å². The van der Waals surface area contributed by atoms with E-state index < -0.39 is 0 Å². The predicted octanol–water partition coefficient (Wildman–Crippen LogP) is 1.79. The lowest BCUT2D eigenvalue weighted by molar-refractivity contribution is 0.690. The maximum absolute atomic E-state index is 8.96. The topological polar surface area (TPSA) is 46.5 Å². The monoisotopic (exact) mass is 212 g/mol. The second kappa shape index (κ2) is 4.49. The molecule has 16 heavy (non-hydrogen) atoms. The van der Waals surface area contributed by atoms with E-state index in [1.54, 1.807) is 18.6 Å². The Morgan fingerprint density at radius 1 is 1.50 bits per heavy atom. The van der Waals surface area contributed by atoms with Crippen molar-refractivity contribution in [3.63, 3.8) is 0 Å². The zero-order chi connectivity index (χ0) is 11.4. The van der Waals surface area contributed by atoms with Gasteiger partial charge in [0.1, 0.15) is 11.8 Å². The smallest absolute Gasteiger partial charge is 0.120 e. The highest BCUT2D eigenvalue weighted by Crippen LogP contribution is 2.10. The standard InChI is InChI=1S/C12H12N4/c1-2-6-16-11(8-13)3-4-12(16)9-15-7-5-14-10-15/h2-5,7,10H,1,6,9H2. The highest BCUT2D eigenvalue weighted by atomic mass is 15.1. The summed E-state index contributed by atoms with van der Waals surface area (Å²) < 4.78 is 3.92. The number of hydrogen-bond acceptors (Lipinski definition) is 2. The summed E-state index contributed by atoms with van der Waals surface area (Å²) in [7, 11) is 0. The van der Waals surface area contributed by atoms with Crippen LogP contribution in [-0.4, -0.2) is 14.1 Å². The quantitative estimate of drug-likeness (QED) is 0.725. The van der Waals surface area contributed by atoms with E-state index in [1.807, 2.05) is 27.5 Å². The lowest BCUT2D eigenvalue weighted by Crippen LogP contribution is -2.07. The molecule has 2 heterocycles. The van der Waals surface area contributed by atoms with Gasteiger partial charge in [-0.3, -0.25) is 0 Å². The third-order valence-electron chi connectivity index (χ3n) is 2.40. The first-order valence-electron chi connectivity index (χ1n) is 5.00. The molecule has 0 aromatic carbocycles. The molecule has 0 aliphatic rings. The Kier molecular flexibility index (Phi) is 2.88. The van der Waals surface area contributed by atoms with Crippen LogP contribution in [0.3, 0.4) is 0 Å². The van der Waals surface area contributed by atoms with Gasteiger partial charge < -0.3 is 9.13 Å². The second-order valence-corrected chi connectivity index (χ2v) is 3.46. The molecule has 2 aromatic rings. The maximum atomic E-state index is 8.96. The minimum atomic E-state index is 0.653. The van der Waals surface area contributed by atoms with Gasteiger partial charge in [-0.2, -0.15) is 5.26 Å². The summed E-state index contributed by atoms with van der Waals surface area (Å²) in [5.41, 5.74) is 1.74. The van der Waals surface area contributed by atoms with Crippen LogP contribution < -0.4 is 0 Å². The third-order valence-corrected chi connectivity index (χ3v) is 2.40. The number of hydrogen-bond donors (Lipinski definition) is 0. The van der Waals surface area contributed by atoms with E-state index in [0.29, 0.717) is 12.2 Å². The van der Waals surface area contributed by atoms with Gasteiger partial charge in [0, 0.05) is 24.6 Å². The molecular formula is C12H12N4. The molecule has 80 valence electrons. The Morgan fingerprint density at radius 2 is 2.38 bits per heavy atom. The van der Waals surface area contributed by atoms with Gasteiger partial charge in [0.15, 0.2) is 0 Å². The van der Waals surface area contributed by atoms with Gasteiger partial charge in [-0.05, 0) is 12.1 Å². The number of nitrogens with zero attached hydrogens (tertiary/aromatic N) is 4. The minimum absolute atomic E-state index is 0.653. The summed E-state index contributed by atoms with van der Waals surface area (Å²) in [6.45, 7) is 5.07. The van der Waals surface area contributed by atoms with E-state index in [-0.39, 0.29) is 0 Å². The summed E-state index contributed by atoms with van der Waals surface area (Å²) >= 11 is 0. The van der Waals surface area contributed by atoms with Crippen LogP contribution in [0.15, 0.2) is 43.5 Å². The summed E-state index contributed by atoms with van der Waals surface area (Å²) in [5.74, 6) is 0. The second-order valence-electron chi connectivity index (χ2n) is 3.46. The molecule has 0 atom stereocenters. The van der Waals surface area contributed by atoms with E-state index in [9.17, 15) is 0 Å². The Labute approximate surface area is 94.1 Å². The molecule has 0 fully saturated rings. The first-order chi connectivity index (χ1) is 7.85. The van der Waals surface area contributed by atoms with Crippen LogP contribution in [0.2, 0.25) is 0 Å². The van der Waals surface area contributed by atoms with Crippen molar-refractivity contribution in [1.29, 1.82) is 5.26 Å². The van der Waals surface area contributed by atoms with Gasteiger partial charge in [0.05, 0.1) is 12.9 Å². The molecule has 0 radical (unpaired) electrons. The van der Waals surface area contributed by atoms with Crippen molar-refractivity contribution >= 4 is 0 Å². The number of rotatable bonds is 4. The molecular weight excluding hydrogens is 200 g/mol. The molecule has 0 saturated carbocycles. The minimum Gasteiger partial charge on any atom is -0.332 e.